The smallest absolute Gasteiger partial charge is 0.282 e. The number of hydrogen-bond donors (Lipinski definition) is 1. The van der Waals surface area contributed by atoms with Crippen molar-refractivity contribution >= 4 is 30.6 Å². The molecule has 0 heterocycles. The number of benzene rings is 6. The first-order valence-electron chi connectivity index (χ1n) is 15.3. The number of aryl methyl sites for hydroxylation is 2. The van der Waals surface area contributed by atoms with Crippen LogP contribution in [-0.2, 0) is 37.0 Å². The van der Waals surface area contributed by atoms with Crippen LogP contribution in [0.3, 0.4) is 0 Å². The molecule has 6 aromatic rings. The predicted molar refractivity (Wildman–Crippen MR) is 193 cm³/mol. The average Bonchev–Trinajstić information content (AvgIpc) is 3.08. The van der Waals surface area contributed by atoms with Crippen molar-refractivity contribution in [2.45, 2.75) is 35.0 Å². The van der Waals surface area contributed by atoms with E-state index in [-0.39, 0.29) is 14.7 Å². The second kappa shape index (κ2) is 15.1. The first-order chi connectivity index (χ1) is 23.7. The summed E-state index contributed by atoms with van der Waals surface area (Å²) >= 11 is 0. The van der Waals surface area contributed by atoms with Crippen LogP contribution in [0.5, 0.6) is 0 Å². The monoisotopic (exact) mass is 724 g/mol. The molecular weight excluding hydrogens is 693 g/mol. The SMILES string of the molecule is Cc1ccc(-c2ccc(-c3ccc(-c4ccc(C)cc4S(=O)(=O)O)cc3)cc2S(=O)(=O)c2ccccc2)c(Cc2ccccc2)c1.O=S(=O)=O. The summed E-state index contributed by atoms with van der Waals surface area (Å²) < 4.78 is 87.9. The molecule has 11 heteroatoms. The molecule has 0 saturated heterocycles. The standard InChI is InChI=1S/C39H32O5S2.O3S/c1-27-13-20-35(33(23-27)25-29-9-5-3-6-10-29)37-22-19-32(26-38(37)45(40,41)34-11-7-4-8-12-34)30-15-17-31(18-16-30)36-21-14-28(2)24-39(36)46(42,43)44;1-4(2)3/h3-24,26H,25H2,1-2H3,(H,42,43,44);. The van der Waals surface area contributed by atoms with E-state index in [0.29, 0.717) is 34.2 Å². The van der Waals surface area contributed by atoms with Gasteiger partial charge in [-0.05, 0) is 83.5 Å². The molecular formula is C39H32O8S3. The Bertz CT molecular complexity index is 2490. The highest BCUT2D eigenvalue weighted by molar-refractivity contribution is 7.91. The molecule has 0 bridgehead atoms. The number of hydrogen-bond acceptors (Lipinski definition) is 7. The summed E-state index contributed by atoms with van der Waals surface area (Å²) in [6, 6.07) is 42.2. The second-order valence-corrected chi connectivity index (χ2v) is 15.3. The molecule has 0 fully saturated rings. The van der Waals surface area contributed by atoms with Crippen molar-refractivity contribution in [3.8, 4) is 33.4 Å². The summed E-state index contributed by atoms with van der Waals surface area (Å²) in [4.78, 5) is 0.244. The van der Waals surface area contributed by atoms with E-state index in [2.05, 4.69) is 18.2 Å². The van der Waals surface area contributed by atoms with Gasteiger partial charge in [0.05, 0.1) is 9.79 Å². The molecule has 0 radical (unpaired) electrons. The van der Waals surface area contributed by atoms with Crippen LogP contribution in [-0.4, -0.2) is 34.0 Å². The van der Waals surface area contributed by atoms with Gasteiger partial charge >= 0.3 is 10.6 Å². The van der Waals surface area contributed by atoms with Gasteiger partial charge in [0.25, 0.3) is 10.1 Å². The summed E-state index contributed by atoms with van der Waals surface area (Å²) in [5.74, 6) is 0. The Hall–Kier alpha value is -5.20. The molecule has 0 aliphatic rings. The van der Waals surface area contributed by atoms with Gasteiger partial charge in [-0.25, -0.2) is 8.42 Å². The van der Waals surface area contributed by atoms with Gasteiger partial charge in [-0.3, -0.25) is 4.55 Å². The zero-order valence-corrected chi connectivity index (χ0v) is 29.5. The van der Waals surface area contributed by atoms with Crippen molar-refractivity contribution in [1.82, 2.24) is 0 Å². The van der Waals surface area contributed by atoms with Gasteiger partial charge in [-0.1, -0.05) is 121 Å². The fourth-order valence-corrected chi connectivity index (χ4v) is 8.06. The summed E-state index contributed by atoms with van der Waals surface area (Å²) in [6.07, 6.45) is 0.649. The minimum Gasteiger partial charge on any atom is -0.282 e. The van der Waals surface area contributed by atoms with Crippen molar-refractivity contribution in [2.75, 3.05) is 0 Å². The molecule has 0 spiro atoms. The Morgan fingerprint density at radius 1 is 0.520 bits per heavy atom. The van der Waals surface area contributed by atoms with Gasteiger partial charge in [0, 0.05) is 11.1 Å². The minimum absolute atomic E-state index is 0.162. The van der Waals surface area contributed by atoms with Gasteiger partial charge in [0.1, 0.15) is 4.90 Å². The van der Waals surface area contributed by atoms with Gasteiger partial charge in [-0.15, -0.1) is 12.6 Å². The van der Waals surface area contributed by atoms with Crippen LogP contribution in [0.2, 0.25) is 0 Å². The van der Waals surface area contributed by atoms with Gasteiger partial charge in [0.2, 0.25) is 9.84 Å². The summed E-state index contributed by atoms with van der Waals surface area (Å²) in [7, 11) is -11.5. The molecule has 6 aromatic carbocycles. The highest BCUT2D eigenvalue weighted by atomic mass is 32.2. The Kier molecular flexibility index (Phi) is 10.9. The lowest BCUT2D eigenvalue weighted by Crippen LogP contribution is -2.05. The van der Waals surface area contributed by atoms with Crippen molar-refractivity contribution in [3.63, 3.8) is 0 Å². The van der Waals surface area contributed by atoms with E-state index in [0.717, 1.165) is 27.8 Å². The Balaban J connectivity index is 0.00000115. The Labute approximate surface area is 293 Å². The highest BCUT2D eigenvalue weighted by Crippen LogP contribution is 2.38. The molecule has 1 N–H and O–H groups in total. The van der Waals surface area contributed by atoms with E-state index >= 15 is 0 Å². The molecule has 0 amide bonds. The van der Waals surface area contributed by atoms with Crippen LogP contribution in [0.4, 0.5) is 0 Å². The summed E-state index contributed by atoms with van der Waals surface area (Å²) in [5.41, 5.74) is 7.86. The molecule has 8 nitrogen and oxygen atoms in total. The number of rotatable bonds is 8. The van der Waals surface area contributed by atoms with Gasteiger partial charge in [0.15, 0.2) is 0 Å². The zero-order chi connectivity index (χ0) is 36.1. The average molecular weight is 725 g/mol. The van der Waals surface area contributed by atoms with Crippen molar-refractivity contribution in [3.05, 3.63) is 162 Å². The first kappa shape index (κ1) is 36.1. The quantitative estimate of drug-likeness (QED) is 0.156. The Morgan fingerprint density at radius 3 is 1.62 bits per heavy atom. The van der Waals surface area contributed by atoms with Gasteiger partial charge in [-0.2, -0.15) is 8.42 Å². The largest absolute Gasteiger partial charge is 0.425 e. The highest BCUT2D eigenvalue weighted by Gasteiger charge is 2.24. The molecule has 0 saturated carbocycles. The van der Waals surface area contributed by atoms with Crippen LogP contribution in [0.1, 0.15) is 22.3 Å². The molecule has 50 heavy (non-hydrogen) atoms. The molecule has 6 rings (SSSR count). The minimum atomic E-state index is -4.44. The third kappa shape index (κ3) is 8.50. The van der Waals surface area contributed by atoms with E-state index in [1.54, 1.807) is 67.6 Å². The third-order valence-corrected chi connectivity index (χ3v) is 10.8. The maximum Gasteiger partial charge on any atom is 0.425 e. The lowest BCUT2D eigenvalue weighted by atomic mass is 9.92. The van der Waals surface area contributed by atoms with E-state index in [9.17, 15) is 21.4 Å². The van der Waals surface area contributed by atoms with Crippen LogP contribution in [0, 0.1) is 13.8 Å². The molecule has 0 unspecified atom stereocenters. The maximum absolute atomic E-state index is 14.3. The van der Waals surface area contributed by atoms with Crippen LogP contribution in [0.25, 0.3) is 33.4 Å². The van der Waals surface area contributed by atoms with Crippen LogP contribution < -0.4 is 0 Å². The fraction of sp³-hybridized carbons (Fsp3) is 0.0769. The second-order valence-electron chi connectivity index (χ2n) is 11.6. The van der Waals surface area contributed by atoms with Gasteiger partial charge < -0.3 is 0 Å². The fourth-order valence-electron chi connectivity index (χ4n) is 5.74. The molecule has 254 valence electrons. The van der Waals surface area contributed by atoms with E-state index in [1.165, 1.54) is 6.07 Å². The van der Waals surface area contributed by atoms with Crippen LogP contribution >= 0.6 is 0 Å². The normalized spacial score (nSPS) is 11.3. The summed E-state index contributed by atoms with van der Waals surface area (Å²) in [5, 5.41) is 0. The van der Waals surface area contributed by atoms with Crippen LogP contribution in [0.15, 0.2) is 154 Å². The maximum atomic E-state index is 14.3. The summed E-state index contributed by atoms with van der Waals surface area (Å²) in [6.45, 7) is 3.79. The van der Waals surface area contributed by atoms with Crippen molar-refractivity contribution in [2.24, 2.45) is 0 Å². The van der Waals surface area contributed by atoms with E-state index in [1.807, 2.05) is 61.5 Å². The topological polar surface area (TPSA) is 140 Å². The van der Waals surface area contributed by atoms with E-state index < -0.39 is 30.6 Å². The Morgan fingerprint density at radius 2 is 1.02 bits per heavy atom. The predicted octanol–water partition coefficient (Wildman–Crippen LogP) is 7.97. The lowest BCUT2D eigenvalue weighted by molar-refractivity contribution is 0.483. The molecule has 0 aliphatic carbocycles. The van der Waals surface area contributed by atoms with Crippen molar-refractivity contribution in [1.29, 1.82) is 0 Å². The molecule has 0 aromatic heterocycles. The lowest BCUT2D eigenvalue weighted by Gasteiger charge is -2.17. The third-order valence-electron chi connectivity index (χ3n) is 8.06. The first-order valence-corrected chi connectivity index (χ1v) is 19.2. The molecule has 0 atom stereocenters. The molecule has 0 aliphatic heterocycles. The van der Waals surface area contributed by atoms with E-state index in [4.69, 9.17) is 12.6 Å². The van der Waals surface area contributed by atoms with Crippen molar-refractivity contribution < 1.29 is 34.0 Å². The number of sulfone groups is 1. The zero-order valence-electron chi connectivity index (χ0n) is 27.0.